The van der Waals surface area contributed by atoms with Gasteiger partial charge in [-0.25, -0.2) is 0 Å². The van der Waals surface area contributed by atoms with Gasteiger partial charge < -0.3 is 15.0 Å². The van der Waals surface area contributed by atoms with Gasteiger partial charge >= 0.3 is 0 Å². The van der Waals surface area contributed by atoms with E-state index in [1.165, 1.54) is 0 Å². The first kappa shape index (κ1) is 16.3. The van der Waals surface area contributed by atoms with E-state index in [1.807, 2.05) is 0 Å². The molecule has 1 heterocycles. The van der Waals surface area contributed by atoms with Gasteiger partial charge in [0.15, 0.2) is 0 Å². The van der Waals surface area contributed by atoms with E-state index in [2.05, 4.69) is 21.2 Å². The summed E-state index contributed by atoms with van der Waals surface area (Å²) in [4.78, 5) is 25.7. The van der Waals surface area contributed by atoms with Crippen molar-refractivity contribution in [1.29, 1.82) is 0 Å². The molecular weight excluding hydrogens is 360 g/mol. The number of amides is 2. The molecule has 1 aromatic carbocycles. The van der Waals surface area contributed by atoms with Crippen molar-refractivity contribution in [3.05, 3.63) is 33.3 Å². The zero-order valence-corrected chi connectivity index (χ0v) is 13.7. The van der Waals surface area contributed by atoms with Crippen LogP contribution in [0.15, 0.2) is 22.7 Å². The van der Waals surface area contributed by atoms with Gasteiger partial charge in [0.1, 0.15) is 0 Å². The average molecular weight is 376 g/mol. The Kier molecular flexibility index (Phi) is 6.02. The van der Waals surface area contributed by atoms with Crippen molar-refractivity contribution in [3.8, 4) is 0 Å². The number of carbonyl (C=O) groups excluding carboxylic acids is 2. The molecule has 21 heavy (non-hydrogen) atoms. The Balaban J connectivity index is 1.81. The summed E-state index contributed by atoms with van der Waals surface area (Å²) in [7, 11) is 0. The molecule has 0 bridgehead atoms. The van der Waals surface area contributed by atoms with Crippen molar-refractivity contribution >= 4 is 39.3 Å². The molecule has 1 N–H and O–H groups in total. The predicted molar refractivity (Wildman–Crippen MR) is 83.5 cm³/mol. The zero-order chi connectivity index (χ0) is 15.2. The van der Waals surface area contributed by atoms with Gasteiger partial charge in [0.25, 0.3) is 5.91 Å². The number of benzene rings is 1. The zero-order valence-electron chi connectivity index (χ0n) is 11.4. The summed E-state index contributed by atoms with van der Waals surface area (Å²) in [5.41, 5.74) is 0.393. The average Bonchev–Trinajstić information content (AvgIpc) is 2.50. The third-order valence-corrected chi connectivity index (χ3v) is 3.98. The van der Waals surface area contributed by atoms with Gasteiger partial charge in [0.2, 0.25) is 5.91 Å². The Morgan fingerprint density at radius 1 is 1.33 bits per heavy atom. The Bertz CT molecular complexity index is 533. The lowest BCUT2D eigenvalue weighted by Crippen LogP contribution is -2.42. The third kappa shape index (κ3) is 4.69. The van der Waals surface area contributed by atoms with Crippen LogP contribution in [0.4, 0.5) is 0 Å². The SMILES string of the molecule is O=C(NCCC(=O)N1CCOCC1)c1cc(Br)ccc1Cl. The van der Waals surface area contributed by atoms with Crippen LogP contribution in [-0.4, -0.2) is 49.6 Å². The molecule has 2 rings (SSSR count). The van der Waals surface area contributed by atoms with E-state index in [0.717, 1.165) is 4.47 Å². The normalized spacial score (nSPS) is 14.9. The van der Waals surface area contributed by atoms with Crippen molar-refractivity contribution in [2.45, 2.75) is 6.42 Å². The van der Waals surface area contributed by atoms with E-state index >= 15 is 0 Å². The fourth-order valence-corrected chi connectivity index (χ4v) is 2.59. The summed E-state index contributed by atoms with van der Waals surface area (Å²) >= 11 is 9.28. The van der Waals surface area contributed by atoms with Crippen LogP contribution in [0.1, 0.15) is 16.8 Å². The molecule has 7 heteroatoms. The minimum Gasteiger partial charge on any atom is -0.378 e. The summed E-state index contributed by atoms with van der Waals surface area (Å²) in [6.07, 6.45) is 0.275. The highest BCUT2D eigenvalue weighted by Gasteiger charge is 2.17. The topological polar surface area (TPSA) is 58.6 Å². The molecule has 2 amide bonds. The number of rotatable bonds is 4. The fraction of sp³-hybridized carbons (Fsp3) is 0.429. The van der Waals surface area contributed by atoms with E-state index in [1.54, 1.807) is 23.1 Å². The highest BCUT2D eigenvalue weighted by Crippen LogP contribution is 2.20. The number of hydrogen-bond donors (Lipinski definition) is 1. The van der Waals surface area contributed by atoms with Gasteiger partial charge in [0, 0.05) is 30.5 Å². The third-order valence-electron chi connectivity index (χ3n) is 3.16. The first-order valence-corrected chi connectivity index (χ1v) is 7.84. The summed E-state index contributed by atoms with van der Waals surface area (Å²) in [5.74, 6) is -0.255. The van der Waals surface area contributed by atoms with Crippen LogP contribution >= 0.6 is 27.5 Å². The number of nitrogens with zero attached hydrogens (tertiary/aromatic N) is 1. The second kappa shape index (κ2) is 7.77. The second-order valence-electron chi connectivity index (χ2n) is 4.62. The van der Waals surface area contributed by atoms with Gasteiger partial charge in [-0.15, -0.1) is 0 Å². The summed E-state index contributed by atoms with van der Waals surface area (Å²) in [5, 5.41) is 3.10. The molecule has 0 spiro atoms. The monoisotopic (exact) mass is 374 g/mol. The number of carbonyl (C=O) groups is 2. The van der Waals surface area contributed by atoms with Crippen LogP contribution in [0.25, 0.3) is 0 Å². The maximum absolute atomic E-state index is 12.0. The molecule has 0 atom stereocenters. The van der Waals surface area contributed by atoms with Crippen molar-refractivity contribution in [3.63, 3.8) is 0 Å². The lowest BCUT2D eigenvalue weighted by atomic mass is 10.2. The molecule has 5 nitrogen and oxygen atoms in total. The smallest absolute Gasteiger partial charge is 0.252 e. The van der Waals surface area contributed by atoms with Crippen molar-refractivity contribution < 1.29 is 14.3 Å². The minimum absolute atomic E-state index is 0.0268. The highest BCUT2D eigenvalue weighted by atomic mass is 79.9. The van der Waals surface area contributed by atoms with Gasteiger partial charge in [-0.1, -0.05) is 27.5 Å². The quantitative estimate of drug-likeness (QED) is 0.876. The number of morpholine rings is 1. The molecule has 1 saturated heterocycles. The number of nitrogens with one attached hydrogen (secondary N) is 1. The van der Waals surface area contributed by atoms with Crippen molar-refractivity contribution in [2.24, 2.45) is 0 Å². The minimum atomic E-state index is -0.281. The maximum Gasteiger partial charge on any atom is 0.252 e. The molecular formula is C14H16BrClN2O3. The number of hydrogen-bond acceptors (Lipinski definition) is 3. The van der Waals surface area contributed by atoms with Crippen LogP contribution in [0.5, 0.6) is 0 Å². The van der Waals surface area contributed by atoms with Gasteiger partial charge in [-0.05, 0) is 18.2 Å². The van der Waals surface area contributed by atoms with Crippen LogP contribution in [0.2, 0.25) is 5.02 Å². The highest BCUT2D eigenvalue weighted by molar-refractivity contribution is 9.10. The van der Waals surface area contributed by atoms with E-state index in [-0.39, 0.29) is 24.8 Å². The molecule has 1 aromatic rings. The lowest BCUT2D eigenvalue weighted by molar-refractivity contribution is -0.135. The van der Waals surface area contributed by atoms with Crippen LogP contribution < -0.4 is 5.32 Å². The molecule has 114 valence electrons. The molecule has 0 unspecified atom stereocenters. The number of halogens is 2. The summed E-state index contributed by atoms with van der Waals surface area (Å²) in [6.45, 7) is 2.67. The fourth-order valence-electron chi connectivity index (χ4n) is 2.02. The van der Waals surface area contributed by atoms with Crippen LogP contribution in [0.3, 0.4) is 0 Å². The predicted octanol–water partition coefficient (Wildman–Crippen LogP) is 2.08. The van der Waals surface area contributed by atoms with Gasteiger partial charge in [-0.3, -0.25) is 9.59 Å². The maximum atomic E-state index is 12.0. The standard InChI is InChI=1S/C14H16BrClN2O3/c15-10-1-2-12(16)11(9-10)14(20)17-4-3-13(19)18-5-7-21-8-6-18/h1-2,9H,3-8H2,(H,17,20). The van der Waals surface area contributed by atoms with Crippen molar-refractivity contribution in [2.75, 3.05) is 32.8 Å². The second-order valence-corrected chi connectivity index (χ2v) is 5.95. The summed E-state index contributed by atoms with van der Waals surface area (Å²) in [6, 6.07) is 5.07. The Morgan fingerprint density at radius 3 is 2.76 bits per heavy atom. The number of ether oxygens (including phenoxy) is 1. The largest absolute Gasteiger partial charge is 0.378 e. The van der Waals surface area contributed by atoms with Crippen LogP contribution in [-0.2, 0) is 9.53 Å². The lowest BCUT2D eigenvalue weighted by Gasteiger charge is -2.26. The molecule has 1 fully saturated rings. The molecule has 0 radical (unpaired) electrons. The summed E-state index contributed by atoms with van der Waals surface area (Å²) < 4.78 is 5.97. The van der Waals surface area contributed by atoms with Gasteiger partial charge in [0.05, 0.1) is 23.8 Å². The van der Waals surface area contributed by atoms with E-state index in [9.17, 15) is 9.59 Å². The van der Waals surface area contributed by atoms with Gasteiger partial charge in [-0.2, -0.15) is 0 Å². The molecule has 0 saturated carbocycles. The van der Waals surface area contributed by atoms with E-state index < -0.39 is 0 Å². The Hall–Kier alpha value is -1.11. The van der Waals surface area contributed by atoms with E-state index in [4.69, 9.17) is 16.3 Å². The molecule has 1 aliphatic heterocycles. The van der Waals surface area contributed by atoms with Crippen LogP contribution in [0, 0.1) is 0 Å². The first-order chi connectivity index (χ1) is 10.1. The van der Waals surface area contributed by atoms with Crippen molar-refractivity contribution in [1.82, 2.24) is 10.2 Å². The molecule has 1 aliphatic rings. The molecule has 0 aromatic heterocycles. The Morgan fingerprint density at radius 2 is 2.05 bits per heavy atom. The van der Waals surface area contributed by atoms with E-state index in [0.29, 0.717) is 36.9 Å². The molecule has 0 aliphatic carbocycles. The first-order valence-electron chi connectivity index (χ1n) is 6.66. The Labute approximate surface area is 136 Å².